The molecular formula is C20H22ClF3N4O3. The number of hydrogen-bond donors (Lipinski definition) is 2. The molecule has 7 nitrogen and oxygen atoms in total. The van der Waals surface area contributed by atoms with Crippen LogP contribution in [0.1, 0.15) is 37.8 Å². The Labute approximate surface area is 180 Å². The Hall–Kier alpha value is -3.01. The number of anilines is 2. The van der Waals surface area contributed by atoms with Crippen LogP contribution in [0.3, 0.4) is 0 Å². The average Bonchev–Trinajstić information content (AvgIpc) is 2.69. The predicted octanol–water partition coefficient (Wildman–Crippen LogP) is 3.66. The average molecular weight is 459 g/mol. The number of carbonyl (C=O) groups excluding carboxylic acids is 1. The number of unbranched alkanes of at least 4 members (excludes halogenated alkanes) is 1. The van der Waals surface area contributed by atoms with Gasteiger partial charge in [-0.15, -0.1) is 0 Å². The fourth-order valence-electron chi connectivity index (χ4n) is 2.92. The fourth-order valence-corrected chi connectivity index (χ4v) is 3.15. The lowest BCUT2D eigenvalue weighted by Crippen LogP contribution is -2.40. The van der Waals surface area contributed by atoms with Gasteiger partial charge in [0.2, 0.25) is 0 Å². The smallest absolute Gasteiger partial charge is 0.383 e. The molecular weight excluding hydrogens is 437 g/mol. The quantitative estimate of drug-likeness (QED) is 0.618. The van der Waals surface area contributed by atoms with Gasteiger partial charge in [-0.05, 0) is 37.1 Å². The Balaban J connectivity index is 2.41. The van der Waals surface area contributed by atoms with E-state index in [1.54, 1.807) is 6.92 Å². The number of H-pyrrole nitrogens is 1. The third kappa shape index (κ3) is 5.57. The van der Waals surface area contributed by atoms with Crippen molar-refractivity contribution in [1.82, 2.24) is 9.55 Å². The molecule has 2 aromatic rings. The number of nitrogens with zero attached hydrogens (tertiary/aromatic N) is 2. The number of hydrogen-bond acceptors (Lipinski definition) is 4. The number of alkyl halides is 3. The van der Waals surface area contributed by atoms with E-state index in [9.17, 15) is 27.6 Å². The molecule has 0 atom stereocenters. The van der Waals surface area contributed by atoms with E-state index in [1.807, 2.05) is 6.92 Å². The van der Waals surface area contributed by atoms with Crippen LogP contribution in [0.4, 0.5) is 24.7 Å². The van der Waals surface area contributed by atoms with E-state index in [0.29, 0.717) is 6.42 Å². The number of nitrogens with one attached hydrogen (secondary N) is 1. The lowest BCUT2D eigenvalue weighted by Gasteiger charge is -2.22. The first-order chi connectivity index (χ1) is 14.5. The number of nitrogen functional groups attached to an aromatic ring is 1. The van der Waals surface area contributed by atoms with Gasteiger partial charge in [0.15, 0.2) is 5.69 Å². The Kier molecular flexibility index (Phi) is 7.72. The van der Waals surface area contributed by atoms with Crippen molar-refractivity contribution < 1.29 is 18.0 Å². The van der Waals surface area contributed by atoms with Crippen molar-refractivity contribution in [2.75, 3.05) is 17.2 Å². The molecule has 3 N–H and O–H groups in total. The first-order valence-corrected chi connectivity index (χ1v) is 9.87. The molecule has 0 unspecified atom stereocenters. The molecule has 1 aromatic heterocycles. The lowest BCUT2D eigenvalue weighted by molar-refractivity contribution is -0.137. The number of carbonyl (C=O) groups is 1. The number of halogens is 4. The monoisotopic (exact) mass is 458 g/mol. The van der Waals surface area contributed by atoms with E-state index in [0.717, 1.165) is 29.5 Å². The van der Waals surface area contributed by atoms with Gasteiger partial charge in [0.1, 0.15) is 5.82 Å². The van der Waals surface area contributed by atoms with Crippen LogP contribution in [0.5, 0.6) is 0 Å². The number of aromatic nitrogens is 2. The maximum Gasteiger partial charge on any atom is 0.417 e. The predicted molar refractivity (Wildman–Crippen MR) is 114 cm³/mol. The van der Waals surface area contributed by atoms with Crippen LogP contribution in [0, 0.1) is 0 Å². The number of nitrogens with two attached hydrogens (primary N) is 1. The fraction of sp³-hybridized carbons (Fsp3) is 0.350. The van der Waals surface area contributed by atoms with Crippen LogP contribution in [-0.2, 0) is 17.5 Å². The van der Waals surface area contributed by atoms with Crippen LogP contribution in [0.25, 0.3) is 6.08 Å². The van der Waals surface area contributed by atoms with Crippen LogP contribution in [0.2, 0.25) is 5.02 Å². The van der Waals surface area contributed by atoms with Gasteiger partial charge < -0.3 is 10.6 Å². The number of likely N-dealkylation sites (N-methyl/N-ethyl adjacent to an activating group) is 1. The summed E-state index contributed by atoms with van der Waals surface area (Å²) >= 11 is 5.60. The molecule has 168 valence electrons. The molecule has 2 rings (SSSR count). The normalized spacial score (nSPS) is 11.8. The molecule has 1 amide bonds. The van der Waals surface area contributed by atoms with Gasteiger partial charge in [0.05, 0.1) is 10.6 Å². The Morgan fingerprint density at radius 3 is 2.55 bits per heavy atom. The molecule has 0 radical (unpaired) electrons. The number of benzene rings is 1. The summed E-state index contributed by atoms with van der Waals surface area (Å²) in [5.74, 6) is -0.847. The van der Waals surface area contributed by atoms with E-state index in [4.69, 9.17) is 17.3 Å². The number of rotatable bonds is 7. The molecule has 1 aromatic carbocycles. The Morgan fingerprint density at radius 1 is 1.29 bits per heavy atom. The summed E-state index contributed by atoms with van der Waals surface area (Å²) in [5.41, 5.74) is 3.38. The van der Waals surface area contributed by atoms with E-state index < -0.39 is 33.9 Å². The minimum atomic E-state index is -4.64. The van der Waals surface area contributed by atoms with Gasteiger partial charge in [-0.2, -0.15) is 13.2 Å². The van der Waals surface area contributed by atoms with Crippen LogP contribution in [-0.4, -0.2) is 22.0 Å². The van der Waals surface area contributed by atoms with Crippen molar-refractivity contribution in [3.63, 3.8) is 0 Å². The second kappa shape index (κ2) is 9.86. The first-order valence-electron chi connectivity index (χ1n) is 9.50. The van der Waals surface area contributed by atoms with Crippen molar-refractivity contribution in [3.8, 4) is 0 Å². The summed E-state index contributed by atoms with van der Waals surface area (Å²) in [5, 5.41) is -0.459. The zero-order chi connectivity index (χ0) is 23.3. The van der Waals surface area contributed by atoms with Crippen LogP contribution in [0.15, 0.2) is 33.9 Å². The van der Waals surface area contributed by atoms with Gasteiger partial charge in [-0.3, -0.25) is 19.1 Å². The minimum Gasteiger partial charge on any atom is -0.383 e. The van der Waals surface area contributed by atoms with Crippen LogP contribution >= 0.6 is 11.6 Å². The summed E-state index contributed by atoms with van der Waals surface area (Å²) in [4.78, 5) is 40.3. The Morgan fingerprint density at radius 2 is 1.97 bits per heavy atom. The van der Waals surface area contributed by atoms with Gasteiger partial charge in [-0.25, -0.2) is 4.79 Å². The van der Waals surface area contributed by atoms with E-state index in [1.165, 1.54) is 16.7 Å². The highest BCUT2D eigenvalue weighted by molar-refractivity contribution is 6.31. The van der Waals surface area contributed by atoms with Crippen molar-refractivity contribution in [1.29, 1.82) is 0 Å². The molecule has 0 saturated carbocycles. The van der Waals surface area contributed by atoms with Crippen molar-refractivity contribution in [2.24, 2.45) is 0 Å². The molecule has 11 heteroatoms. The van der Waals surface area contributed by atoms with E-state index >= 15 is 0 Å². The highest BCUT2D eigenvalue weighted by atomic mass is 35.5. The van der Waals surface area contributed by atoms with Crippen molar-refractivity contribution in [2.45, 2.75) is 39.4 Å². The Bertz CT molecular complexity index is 1110. The minimum absolute atomic E-state index is 0.0385. The maximum atomic E-state index is 13.0. The topological polar surface area (TPSA) is 101 Å². The summed E-state index contributed by atoms with van der Waals surface area (Å²) < 4.78 is 40.2. The highest BCUT2D eigenvalue weighted by Crippen LogP contribution is 2.35. The second-order valence-corrected chi connectivity index (χ2v) is 7.06. The standard InChI is InChI=1S/C20H22ClF3N4O3/c1-3-5-10-28-17(25)16(18(30)26-19(28)31)27(4-2)15(29)9-7-12-6-8-14(21)13(11-12)20(22,23)24/h6-9,11H,3-5,10,25H2,1-2H3,(H,26,30,31)/b9-7+. The highest BCUT2D eigenvalue weighted by Gasteiger charge is 2.33. The molecule has 1 heterocycles. The van der Waals surface area contributed by atoms with Gasteiger partial charge in [0.25, 0.3) is 11.5 Å². The third-order valence-electron chi connectivity index (χ3n) is 4.52. The maximum absolute atomic E-state index is 13.0. The molecule has 0 aliphatic carbocycles. The van der Waals surface area contributed by atoms with Crippen molar-refractivity contribution >= 4 is 35.1 Å². The zero-order valence-corrected chi connectivity index (χ0v) is 17.7. The largest absolute Gasteiger partial charge is 0.417 e. The van der Waals surface area contributed by atoms with Gasteiger partial charge in [-0.1, -0.05) is 31.0 Å². The molecule has 0 fully saturated rings. The molecule has 0 spiro atoms. The molecule has 0 bridgehead atoms. The van der Waals surface area contributed by atoms with Gasteiger partial charge >= 0.3 is 11.9 Å². The second-order valence-electron chi connectivity index (χ2n) is 6.65. The molecule has 31 heavy (non-hydrogen) atoms. The summed E-state index contributed by atoms with van der Waals surface area (Å²) in [7, 11) is 0. The summed E-state index contributed by atoms with van der Waals surface area (Å²) in [6.07, 6.45) is -1.04. The number of amides is 1. The lowest BCUT2D eigenvalue weighted by atomic mass is 10.1. The van der Waals surface area contributed by atoms with E-state index in [2.05, 4.69) is 4.98 Å². The summed E-state index contributed by atoms with van der Waals surface area (Å²) in [6.45, 7) is 3.81. The molecule has 0 saturated heterocycles. The van der Waals surface area contributed by atoms with Crippen LogP contribution < -0.4 is 21.9 Å². The molecule has 0 aliphatic heterocycles. The van der Waals surface area contributed by atoms with Crippen molar-refractivity contribution in [3.05, 3.63) is 61.3 Å². The van der Waals surface area contributed by atoms with Gasteiger partial charge in [0, 0.05) is 19.2 Å². The third-order valence-corrected chi connectivity index (χ3v) is 4.85. The molecule has 0 aliphatic rings. The zero-order valence-electron chi connectivity index (χ0n) is 16.9. The van der Waals surface area contributed by atoms with E-state index in [-0.39, 0.29) is 30.2 Å². The number of aromatic amines is 1. The summed E-state index contributed by atoms with van der Waals surface area (Å²) in [6, 6.07) is 3.22. The SMILES string of the molecule is CCCCn1c(N)c(N(CC)C(=O)/C=C/c2ccc(Cl)c(C(F)(F)F)c2)c(=O)[nH]c1=O. The first kappa shape index (κ1) is 24.3.